The molecule has 3 rings (SSSR count). The van der Waals surface area contributed by atoms with E-state index in [9.17, 15) is 4.79 Å². The molecule has 2 aromatic carbocycles. The maximum Gasteiger partial charge on any atom is 0.277 e. The molecule has 0 saturated carbocycles. The Balaban J connectivity index is 1.64. The van der Waals surface area contributed by atoms with Gasteiger partial charge >= 0.3 is 0 Å². The molecule has 0 aliphatic carbocycles. The van der Waals surface area contributed by atoms with Gasteiger partial charge in [0.1, 0.15) is 0 Å². The van der Waals surface area contributed by atoms with Crippen molar-refractivity contribution in [1.29, 1.82) is 0 Å². The number of halogens is 2. The Bertz CT molecular complexity index is 882. The number of nitrogens with zero attached hydrogens (tertiary/aromatic N) is 1. The van der Waals surface area contributed by atoms with E-state index in [1.807, 2.05) is 53.8 Å². The summed E-state index contributed by atoms with van der Waals surface area (Å²) in [7, 11) is 1.78. The van der Waals surface area contributed by atoms with Crippen LogP contribution in [0.1, 0.15) is 22.9 Å². The Labute approximate surface area is 168 Å². The van der Waals surface area contributed by atoms with Crippen molar-refractivity contribution < 1.29 is 14.5 Å². The standard InChI is InChI=1S/C21H20Cl2N2O2/c1-25(14-15-9-10-17(22)18(23)12-15)20(26)13-24-21(19-8-5-11-27-19)16-6-3-2-4-7-16/h2-12,21,24H,13-14H2,1H3/p+1/t21-/m1/s1. The molecule has 0 radical (unpaired) electrons. The molecule has 1 atom stereocenters. The van der Waals surface area contributed by atoms with Crippen molar-refractivity contribution in [3.63, 3.8) is 0 Å². The van der Waals surface area contributed by atoms with Crippen LogP contribution in [0.25, 0.3) is 0 Å². The second-order valence-corrected chi connectivity index (χ2v) is 7.16. The minimum absolute atomic E-state index is 0.0218. The van der Waals surface area contributed by atoms with E-state index in [0.29, 0.717) is 23.1 Å². The van der Waals surface area contributed by atoms with Gasteiger partial charge in [-0.3, -0.25) is 4.79 Å². The van der Waals surface area contributed by atoms with Crippen LogP contribution < -0.4 is 5.32 Å². The number of furan rings is 1. The normalized spacial score (nSPS) is 12.0. The summed E-state index contributed by atoms with van der Waals surface area (Å²) in [6.07, 6.45) is 1.65. The van der Waals surface area contributed by atoms with Crippen LogP contribution in [0.4, 0.5) is 0 Å². The third kappa shape index (κ3) is 5.13. The maximum atomic E-state index is 12.6. The van der Waals surface area contributed by atoms with Gasteiger partial charge in [-0.2, -0.15) is 0 Å². The number of carbonyl (C=O) groups excluding carboxylic acids is 1. The van der Waals surface area contributed by atoms with Crippen molar-refractivity contribution in [2.45, 2.75) is 12.6 Å². The summed E-state index contributed by atoms with van der Waals surface area (Å²) in [5.41, 5.74) is 2.03. The van der Waals surface area contributed by atoms with E-state index in [4.69, 9.17) is 27.6 Å². The third-order valence-electron chi connectivity index (χ3n) is 4.37. The average molecular weight is 404 g/mol. The topological polar surface area (TPSA) is 50.1 Å². The van der Waals surface area contributed by atoms with Crippen molar-refractivity contribution in [1.82, 2.24) is 4.90 Å². The molecule has 6 heteroatoms. The molecule has 3 aromatic rings. The Hall–Kier alpha value is -2.27. The number of benzene rings is 2. The number of hydrogen-bond acceptors (Lipinski definition) is 2. The second kappa shape index (κ2) is 9.09. The van der Waals surface area contributed by atoms with Crippen LogP contribution in [0.15, 0.2) is 71.3 Å². The molecule has 0 aliphatic heterocycles. The van der Waals surface area contributed by atoms with Crippen LogP contribution in [0.3, 0.4) is 0 Å². The minimum Gasteiger partial charge on any atom is -0.463 e. The molecule has 1 heterocycles. The third-order valence-corrected chi connectivity index (χ3v) is 5.11. The lowest BCUT2D eigenvalue weighted by molar-refractivity contribution is -0.679. The van der Waals surface area contributed by atoms with Crippen molar-refractivity contribution in [3.05, 3.63) is 93.9 Å². The Kier molecular flexibility index (Phi) is 6.56. The highest BCUT2D eigenvalue weighted by atomic mass is 35.5. The Morgan fingerprint density at radius 1 is 1.07 bits per heavy atom. The number of likely N-dealkylation sites (N-methyl/N-ethyl adjacent to an activating group) is 1. The molecule has 0 bridgehead atoms. The minimum atomic E-state index is -0.0662. The molecule has 0 aliphatic rings. The molecule has 0 unspecified atom stereocenters. The van der Waals surface area contributed by atoms with E-state index in [2.05, 4.69) is 0 Å². The van der Waals surface area contributed by atoms with Gasteiger partial charge in [-0.1, -0.05) is 59.6 Å². The van der Waals surface area contributed by atoms with Gasteiger partial charge in [0.05, 0.1) is 16.3 Å². The van der Waals surface area contributed by atoms with E-state index in [-0.39, 0.29) is 11.9 Å². The molecule has 4 nitrogen and oxygen atoms in total. The summed E-state index contributed by atoms with van der Waals surface area (Å²) < 4.78 is 5.58. The van der Waals surface area contributed by atoms with Crippen molar-refractivity contribution in [2.75, 3.05) is 13.6 Å². The summed E-state index contributed by atoms with van der Waals surface area (Å²) in [6, 6.07) is 19.1. The van der Waals surface area contributed by atoms with E-state index in [1.54, 1.807) is 30.3 Å². The highest BCUT2D eigenvalue weighted by Crippen LogP contribution is 2.23. The molecule has 1 aromatic heterocycles. The summed E-state index contributed by atoms with van der Waals surface area (Å²) >= 11 is 12.0. The number of nitrogens with two attached hydrogens (primary N) is 1. The summed E-state index contributed by atoms with van der Waals surface area (Å²) in [5, 5.41) is 2.98. The molecule has 0 saturated heterocycles. The molecule has 0 fully saturated rings. The number of rotatable bonds is 7. The van der Waals surface area contributed by atoms with Gasteiger partial charge in [0.2, 0.25) is 0 Å². The van der Waals surface area contributed by atoms with Gasteiger partial charge in [-0.25, -0.2) is 0 Å². The average Bonchev–Trinajstić information content (AvgIpc) is 3.20. The van der Waals surface area contributed by atoms with Crippen molar-refractivity contribution >= 4 is 29.1 Å². The van der Waals surface area contributed by atoms with Gasteiger partial charge in [-0.15, -0.1) is 0 Å². The first-order chi connectivity index (χ1) is 13.0. The van der Waals surface area contributed by atoms with Gasteiger partial charge < -0.3 is 14.6 Å². The van der Waals surface area contributed by atoms with Crippen LogP contribution in [-0.4, -0.2) is 24.4 Å². The molecular formula is C21H21Cl2N2O2+. The first-order valence-corrected chi connectivity index (χ1v) is 9.39. The zero-order chi connectivity index (χ0) is 19.2. The van der Waals surface area contributed by atoms with Gasteiger partial charge in [0.15, 0.2) is 18.3 Å². The molecule has 140 valence electrons. The van der Waals surface area contributed by atoms with E-state index in [0.717, 1.165) is 16.9 Å². The van der Waals surface area contributed by atoms with Gasteiger partial charge in [0, 0.05) is 19.2 Å². The Morgan fingerprint density at radius 3 is 2.52 bits per heavy atom. The summed E-state index contributed by atoms with van der Waals surface area (Å²) in [4.78, 5) is 14.3. The van der Waals surface area contributed by atoms with Crippen LogP contribution in [0.5, 0.6) is 0 Å². The quantitative estimate of drug-likeness (QED) is 0.650. The van der Waals surface area contributed by atoms with E-state index >= 15 is 0 Å². The number of carbonyl (C=O) groups is 1. The predicted molar refractivity (Wildman–Crippen MR) is 107 cm³/mol. The largest absolute Gasteiger partial charge is 0.463 e. The van der Waals surface area contributed by atoms with Crippen LogP contribution in [0.2, 0.25) is 10.0 Å². The highest BCUT2D eigenvalue weighted by Gasteiger charge is 2.22. The molecule has 1 amide bonds. The number of quaternary nitrogens is 1. The second-order valence-electron chi connectivity index (χ2n) is 6.34. The fourth-order valence-electron chi connectivity index (χ4n) is 2.92. The first-order valence-electron chi connectivity index (χ1n) is 8.64. The van der Waals surface area contributed by atoms with E-state index in [1.165, 1.54) is 0 Å². The monoisotopic (exact) mass is 403 g/mol. The Morgan fingerprint density at radius 2 is 1.85 bits per heavy atom. The van der Waals surface area contributed by atoms with Crippen LogP contribution in [0, 0.1) is 0 Å². The predicted octanol–water partition coefficient (Wildman–Crippen LogP) is 3.90. The van der Waals surface area contributed by atoms with E-state index < -0.39 is 0 Å². The zero-order valence-electron chi connectivity index (χ0n) is 14.9. The summed E-state index contributed by atoms with van der Waals surface area (Å²) in [6.45, 7) is 0.776. The molecular weight excluding hydrogens is 383 g/mol. The molecule has 0 spiro atoms. The van der Waals surface area contributed by atoms with Crippen molar-refractivity contribution in [2.24, 2.45) is 0 Å². The molecule has 27 heavy (non-hydrogen) atoms. The zero-order valence-corrected chi connectivity index (χ0v) is 16.5. The fraction of sp³-hybridized carbons (Fsp3) is 0.190. The SMILES string of the molecule is CN(Cc1ccc(Cl)c(Cl)c1)C(=O)C[NH2+][C@H](c1ccccc1)c1ccco1. The fourth-order valence-corrected chi connectivity index (χ4v) is 3.24. The van der Waals surface area contributed by atoms with Gasteiger partial charge in [-0.05, 0) is 29.8 Å². The van der Waals surface area contributed by atoms with Gasteiger partial charge in [0.25, 0.3) is 5.91 Å². The number of amides is 1. The first kappa shape index (κ1) is 19.5. The highest BCUT2D eigenvalue weighted by molar-refractivity contribution is 6.42. The lowest BCUT2D eigenvalue weighted by Gasteiger charge is -2.19. The lowest BCUT2D eigenvalue weighted by atomic mass is 10.0. The maximum absolute atomic E-state index is 12.6. The molecule has 2 N–H and O–H groups in total. The van der Waals surface area contributed by atoms with Crippen LogP contribution >= 0.6 is 23.2 Å². The lowest BCUT2D eigenvalue weighted by Crippen LogP contribution is -2.87. The smallest absolute Gasteiger partial charge is 0.277 e. The summed E-state index contributed by atoms with van der Waals surface area (Å²) in [5.74, 6) is 0.842. The number of hydrogen-bond donors (Lipinski definition) is 1. The van der Waals surface area contributed by atoms with Crippen LogP contribution in [-0.2, 0) is 11.3 Å². The van der Waals surface area contributed by atoms with Crippen molar-refractivity contribution in [3.8, 4) is 0 Å².